The minimum absolute atomic E-state index is 0.166. The second-order valence-corrected chi connectivity index (χ2v) is 4.62. The van der Waals surface area contributed by atoms with Gasteiger partial charge in [0.1, 0.15) is 0 Å². The average molecular weight is 257 g/mol. The number of pyridine rings is 1. The maximum Gasteiger partial charge on any atom is 0.244 e. The Bertz CT molecular complexity index is 587. The molecule has 1 aromatic rings. The molecule has 0 spiro atoms. The van der Waals surface area contributed by atoms with Crippen molar-refractivity contribution >= 4 is 11.8 Å². The number of rotatable bonds is 3. The molecule has 1 aliphatic rings. The standard InChI is InChI=1S/C14H15N3O2/c1-9-4-5-11(8-17-9)14(13(16)19)6-2-3-10(7-14)12(15)18/h2-6,8H,7H2,1H3,(H2,15,18)(H2,16,19). The van der Waals surface area contributed by atoms with Crippen LogP contribution in [-0.2, 0) is 15.0 Å². The number of carbonyl (C=O) groups excluding carboxylic acids is 2. The zero-order valence-electron chi connectivity index (χ0n) is 10.6. The fourth-order valence-electron chi connectivity index (χ4n) is 2.16. The highest BCUT2D eigenvalue weighted by Gasteiger charge is 2.39. The summed E-state index contributed by atoms with van der Waals surface area (Å²) in [5, 5.41) is 0. The van der Waals surface area contributed by atoms with Gasteiger partial charge < -0.3 is 11.5 Å². The molecule has 5 nitrogen and oxygen atoms in total. The maximum absolute atomic E-state index is 11.9. The smallest absolute Gasteiger partial charge is 0.244 e. The molecule has 2 amide bonds. The van der Waals surface area contributed by atoms with E-state index in [0.717, 1.165) is 5.69 Å². The molecule has 2 rings (SSSR count). The van der Waals surface area contributed by atoms with Crippen molar-refractivity contribution < 1.29 is 9.59 Å². The molecule has 5 heteroatoms. The summed E-state index contributed by atoms with van der Waals surface area (Å²) in [6.07, 6.45) is 6.70. The number of carbonyl (C=O) groups is 2. The fourth-order valence-corrected chi connectivity index (χ4v) is 2.16. The van der Waals surface area contributed by atoms with Crippen molar-refractivity contribution in [1.82, 2.24) is 4.98 Å². The van der Waals surface area contributed by atoms with Crippen molar-refractivity contribution in [2.75, 3.05) is 0 Å². The SMILES string of the molecule is Cc1ccc(C2(C(N)=O)C=CC=C(C(N)=O)C2)cn1. The first-order valence-corrected chi connectivity index (χ1v) is 5.87. The quantitative estimate of drug-likeness (QED) is 0.824. The van der Waals surface area contributed by atoms with Crippen molar-refractivity contribution in [2.24, 2.45) is 11.5 Å². The largest absolute Gasteiger partial charge is 0.369 e. The number of allylic oxidation sites excluding steroid dienone is 2. The molecular weight excluding hydrogens is 242 g/mol. The highest BCUT2D eigenvalue weighted by Crippen LogP contribution is 2.35. The van der Waals surface area contributed by atoms with Crippen molar-refractivity contribution in [3.8, 4) is 0 Å². The minimum Gasteiger partial charge on any atom is -0.369 e. The Labute approximate surface area is 111 Å². The zero-order valence-corrected chi connectivity index (χ0v) is 10.6. The Morgan fingerprint density at radius 3 is 2.58 bits per heavy atom. The number of hydrogen-bond donors (Lipinski definition) is 2. The van der Waals surface area contributed by atoms with Crippen LogP contribution < -0.4 is 11.5 Å². The van der Waals surface area contributed by atoms with Crippen molar-refractivity contribution in [2.45, 2.75) is 18.8 Å². The van der Waals surface area contributed by atoms with Gasteiger partial charge in [0, 0.05) is 17.5 Å². The monoisotopic (exact) mass is 257 g/mol. The Morgan fingerprint density at radius 2 is 2.05 bits per heavy atom. The fraction of sp³-hybridized carbons (Fsp3) is 0.214. The van der Waals surface area contributed by atoms with E-state index in [4.69, 9.17) is 11.5 Å². The summed E-state index contributed by atoms with van der Waals surface area (Å²) in [4.78, 5) is 27.4. The Morgan fingerprint density at radius 1 is 1.32 bits per heavy atom. The maximum atomic E-state index is 11.9. The number of amides is 2. The van der Waals surface area contributed by atoms with Gasteiger partial charge in [0.2, 0.25) is 11.8 Å². The summed E-state index contributed by atoms with van der Waals surface area (Å²) < 4.78 is 0. The molecule has 0 radical (unpaired) electrons. The van der Waals surface area contributed by atoms with E-state index in [9.17, 15) is 9.59 Å². The second kappa shape index (κ2) is 4.68. The van der Waals surface area contributed by atoms with E-state index in [1.54, 1.807) is 36.6 Å². The average Bonchev–Trinajstić information content (AvgIpc) is 2.39. The predicted molar refractivity (Wildman–Crippen MR) is 70.9 cm³/mol. The van der Waals surface area contributed by atoms with Crippen molar-refractivity contribution in [3.63, 3.8) is 0 Å². The third kappa shape index (κ3) is 2.27. The van der Waals surface area contributed by atoms with Gasteiger partial charge in [-0.3, -0.25) is 14.6 Å². The zero-order chi connectivity index (χ0) is 14.0. The van der Waals surface area contributed by atoms with Crippen LogP contribution in [0.2, 0.25) is 0 Å². The van der Waals surface area contributed by atoms with Gasteiger partial charge in [0.05, 0.1) is 5.41 Å². The third-order valence-corrected chi connectivity index (χ3v) is 3.33. The highest BCUT2D eigenvalue weighted by molar-refractivity contribution is 5.97. The van der Waals surface area contributed by atoms with Crippen molar-refractivity contribution in [3.05, 3.63) is 53.4 Å². The van der Waals surface area contributed by atoms with Gasteiger partial charge >= 0.3 is 0 Å². The molecule has 1 unspecified atom stereocenters. The van der Waals surface area contributed by atoms with E-state index in [2.05, 4.69) is 4.98 Å². The molecule has 0 bridgehead atoms. The Hall–Kier alpha value is -2.43. The van der Waals surface area contributed by atoms with Gasteiger partial charge in [-0.05, 0) is 25.0 Å². The highest BCUT2D eigenvalue weighted by atomic mass is 16.1. The molecule has 1 atom stereocenters. The van der Waals surface area contributed by atoms with Crippen molar-refractivity contribution in [1.29, 1.82) is 0 Å². The lowest BCUT2D eigenvalue weighted by atomic mass is 9.72. The second-order valence-electron chi connectivity index (χ2n) is 4.62. The number of aromatic nitrogens is 1. The van der Waals surface area contributed by atoms with Crippen LogP contribution >= 0.6 is 0 Å². The Kier molecular flexibility index (Phi) is 3.21. The Balaban J connectivity index is 2.49. The summed E-state index contributed by atoms with van der Waals surface area (Å²) in [5.74, 6) is -1.07. The molecule has 19 heavy (non-hydrogen) atoms. The number of hydrogen-bond acceptors (Lipinski definition) is 3. The lowest BCUT2D eigenvalue weighted by Crippen LogP contribution is -2.42. The van der Waals surface area contributed by atoms with E-state index in [1.165, 1.54) is 0 Å². The summed E-state index contributed by atoms with van der Waals surface area (Å²) in [6.45, 7) is 1.85. The lowest BCUT2D eigenvalue weighted by Gasteiger charge is -2.30. The van der Waals surface area contributed by atoms with Crippen LogP contribution in [0.1, 0.15) is 17.7 Å². The van der Waals surface area contributed by atoms with Crippen LogP contribution in [0.15, 0.2) is 42.1 Å². The molecule has 0 saturated carbocycles. The summed E-state index contributed by atoms with van der Waals surface area (Å²) in [7, 11) is 0. The first-order chi connectivity index (χ1) is 8.95. The molecule has 98 valence electrons. The normalized spacial score (nSPS) is 21.8. The van der Waals surface area contributed by atoms with E-state index in [-0.39, 0.29) is 6.42 Å². The summed E-state index contributed by atoms with van der Waals surface area (Å²) in [6, 6.07) is 3.59. The van der Waals surface area contributed by atoms with E-state index in [1.807, 2.05) is 6.92 Å². The van der Waals surface area contributed by atoms with Gasteiger partial charge in [-0.1, -0.05) is 24.3 Å². The first-order valence-electron chi connectivity index (χ1n) is 5.87. The number of aryl methyl sites for hydroxylation is 1. The van der Waals surface area contributed by atoms with E-state index < -0.39 is 17.2 Å². The number of nitrogens with two attached hydrogens (primary N) is 2. The molecule has 0 saturated heterocycles. The first kappa shape index (κ1) is 13.0. The number of nitrogens with zero attached hydrogens (tertiary/aromatic N) is 1. The minimum atomic E-state index is -1.06. The molecule has 1 aromatic heterocycles. The number of primary amides is 2. The topological polar surface area (TPSA) is 99.1 Å². The molecule has 1 heterocycles. The van der Waals surface area contributed by atoms with E-state index >= 15 is 0 Å². The molecule has 0 aliphatic heterocycles. The summed E-state index contributed by atoms with van der Waals surface area (Å²) >= 11 is 0. The van der Waals surface area contributed by atoms with Crippen LogP contribution in [0.5, 0.6) is 0 Å². The lowest BCUT2D eigenvalue weighted by molar-refractivity contribution is -0.122. The molecule has 0 fully saturated rings. The third-order valence-electron chi connectivity index (χ3n) is 3.33. The molecule has 0 aromatic carbocycles. The van der Waals surface area contributed by atoms with Crippen LogP contribution in [0, 0.1) is 6.92 Å². The molecular formula is C14H15N3O2. The van der Waals surface area contributed by atoms with Gasteiger partial charge in [0.15, 0.2) is 0 Å². The summed E-state index contributed by atoms with van der Waals surface area (Å²) in [5.41, 5.74) is 11.6. The van der Waals surface area contributed by atoms with Crippen LogP contribution in [0.4, 0.5) is 0 Å². The van der Waals surface area contributed by atoms with Gasteiger partial charge in [-0.15, -0.1) is 0 Å². The van der Waals surface area contributed by atoms with Crippen LogP contribution in [0.25, 0.3) is 0 Å². The van der Waals surface area contributed by atoms with Gasteiger partial charge in [-0.25, -0.2) is 0 Å². The molecule has 1 aliphatic carbocycles. The van der Waals surface area contributed by atoms with Crippen LogP contribution in [-0.4, -0.2) is 16.8 Å². The van der Waals surface area contributed by atoms with Gasteiger partial charge in [0.25, 0.3) is 0 Å². The van der Waals surface area contributed by atoms with Crippen LogP contribution in [0.3, 0.4) is 0 Å². The van der Waals surface area contributed by atoms with Gasteiger partial charge in [-0.2, -0.15) is 0 Å². The van der Waals surface area contributed by atoms with E-state index in [0.29, 0.717) is 11.1 Å². The predicted octanol–water partition coefficient (Wildman–Crippen LogP) is 0.485. The molecule has 4 N–H and O–H groups in total.